The summed E-state index contributed by atoms with van der Waals surface area (Å²) in [4.78, 5) is 37.8. The number of hydrogen-bond acceptors (Lipinski definition) is 5. The van der Waals surface area contributed by atoms with Crippen molar-refractivity contribution in [3.63, 3.8) is 0 Å². The third-order valence-corrected chi connectivity index (χ3v) is 5.70. The summed E-state index contributed by atoms with van der Waals surface area (Å²) in [6, 6.07) is 14.8. The highest BCUT2D eigenvalue weighted by molar-refractivity contribution is 5.95. The molecule has 0 aliphatic rings. The summed E-state index contributed by atoms with van der Waals surface area (Å²) < 4.78 is 13.9. The van der Waals surface area contributed by atoms with Crippen molar-refractivity contribution in [3.05, 3.63) is 75.7 Å². The molecule has 1 unspecified atom stereocenters. The topological polar surface area (TPSA) is 91.6 Å². The predicted molar refractivity (Wildman–Crippen MR) is 131 cm³/mol. The number of nitrogens with zero attached hydrogens (tertiary/aromatic N) is 2. The molecule has 0 radical (unpaired) electrons. The molecule has 34 heavy (non-hydrogen) atoms. The Hall–Kier alpha value is -3.81. The van der Waals surface area contributed by atoms with Crippen LogP contribution in [0.5, 0.6) is 5.75 Å². The monoisotopic (exact) mass is 465 g/mol. The molecule has 0 aliphatic carbocycles. The van der Waals surface area contributed by atoms with Crippen LogP contribution in [0.15, 0.2) is 53.3 Å². The van der Waals surface area contributed by atoms with E-state index in [-0.39, 0.29) is 17.9 Å². The van der Waals surface area contributed by atoms with Crippen LogP contribution in [0.25, 0.3) is 5.69 Å². The van der Waals surface area contributed by atoms with Crippen LogP contribution in [0.1, 0.15) is 43.5 Å². The Bertz CT molecular complexity index is 1240. The summed E-state index contributed by atoms with van der Waals surface area (Å²) >= 11 is 0. The van der Waals surface area contributed by atoms with Crippen molar-refractivity contribution in [2.75, 3.05) is 11.9 Å². The largest absolute Gasteiger partial charge is 0.482 e. The van der Waals surface area contributed by atoms with Crippen molar-refractivity contribution in [1.29, 1.82) is 0 Å². The van der Waals surface area contributed by atoms with Crippen LogP contribution in [0.4, 0.5) is 5.69 Å². The van der Waals surface area contributed by atoms with E-state index in [1.165, 1.54) is 17.2 Å². The molecule has 3 aromatic rings. The van der Waals surface area contributed by atoms with Gasteiger partial charge in [0, 0.05) is 7.05 Å². The van der Waals surface area contributed by atoms with Crippen molar-refractivity contribution in [3.8, 4) is 11.4 Å². The van der Waals surface area contributed by atoms with Crippen molar-refractivity contribution >= 4 is 17.6 Å². The minimum Gasteiger partial charge on any atom is -0.482 e. The maximum absolute atomic E-state index is 12.9. The Balaban J connectivity index is 1.62. The highest BCUT2D eigenvalue weighted by Gasteiger charge is 2.23. The second kappa shape index (κ2) is 10.4. The highest BCUT2D eigenvalue weighted by Crippen LogP contribution is 2.23. The minimum atomic E-state index is -1.11. The lowest BCUT2D eigenvalue weighted by atomic mass is 9.98. The lowest BCUT2D eigenvalue weighted by Crippen LogP contribution is -2.33. The van der Waals surface area contributed by atoms with Crippen molar-refractivity contribution in [2.45, 2.75) is 46.6 Å². The van der Waals surface area contributed by atoms with Gasteiger partial charge in [-0.05, 0) is 62.1 Å². The number of nitrogens with one attached hydrogen (secondary N) is 1. The molecule has 0 bridgehead atoms. The highest BCUT2D eigenvalue weighted by atomic mass is 16.6. The second-order valence-electron chi connectivity index (χ2n) is 8.52. The van der Waals surface area contributed by atoms with Gasteiger partial charge in [-0.25, -0.2) is 9.48 Å². The average molecular weight is 466 g/mol. The zero-order chi connectivity index (χ0) is 25.0. The standard InChI is InChI=1S/C26H31N3O5/c1-16(2)22-13-12-21(14-17(22)3)33-15-23(30)34-19(5)25(31)27-24-18(4)28(6)29(26(24)32)20-10-8-7-9-11-20/h7-14,16,19H,15H2,1-6H3,(H,27,31). The van der Waals surface area contributed by atoms with Crippen LogP contribution in [0.2, 0.25) is 0 Å². The summed E-state index contributed by atoms with van der Waals surface area (Å²) in [6.07, 6.45) is -1.11. The van der Waals surface area contributed by atoms with Gasteiger partial charge in [-0.1, -0.05) is 38.1 Å². The first-order valence-corrected chi connectivity index (χ1v) is 11.2. The van der Waals surface area contributed by atoms with Crippen LogP contribution >= 0.6 is 0 Å². The molecular formula is C26H31N3O5. The van der Waals surface area contributed by atoms with Gasteiger partial charge in [-0.2, -0.15) is 0 Å². The minimum absolute atomic E-state index is 0.135. The van der Waals surface area contributed by atoms with Gasteiger partial charge in [0.25, 0.3) is 11.5 Å². The van der Waals surface area contributed by atoms with E-state index in [1.54, 1.807) is 30.8 Å². The Morgan fingerprint density at radius 2 is 1.71 bits per heavy atom. The van der Waals surface area contributed by atoms with Gasteiger partial charge < -0.3 is 14.8 Å². The van der Waals surface area contributed by atoms with E-state index in [9.17, 15) is 14.4 Å². The number of para-hydroxylation sites is 1. The lowest BCUT2D eigenvalue weighted by molar-refractivity contribution is -0.155. The molecule has 2 aromatic carbocycles. The van der Waals surface area contributed by atoms with Crippen molar-refractivity contribution < 1.29 is 19.1 Å². The number of carbonyl (C=O) groups excluding carboxylic acids is 2. The Morgan fingerprint density at radius 1 is 1.03 bits per heavy atom. The van der Waals surface area contributed by atoms with E-state index in [1.807, 2.05) is 43.3 Å². The fraction of sp³-hybridized carbons (Fsp3) is 0.346. The molecule has 0 fully saturated rings. The maximum Gasteiger partial charge on any atom is 0.344 e. The molecule has 0 saturated carbocycles. The van der Waals surface area contributed by atoms with Gasteiger partial charge in [0.05, 0.1) is 11.4 Å². The number of amides is 1. The number of benzene rings is 2. The molecule has 1 N–H and O–H groups in total. The number of anilines is 1. The normalized spacial score (nSPS) is 11.9. The van der Waals surface area contributed by atoms with Crippen LogP contribution in [-0.4, -0.2) is 34.0 Å². The molecule has 0 aliphatic heterocycles. The van der Waals surface area contributed by atoms with Crippen LogP contribution in [-0.2, 0) is 21.4 Å². The fourth-order valence-electron chi connectivity index (χ4n) is 3.75. The van der Waals surface area contributed by atoms with Crippen LogP contribution < -0.4 is 15.6 Å². The number of rotatable bonds is 8. The SMILES string of the molecule is Cc1cc(OCC(=O)OC(C)C(=O)Nc2c(C)n(C)n(-c3ccccc3)c2=O)ccc1C(C)C. The van der Waals surface area contributed by atoms with E-state index >= 15 is 0 Å². The van der Waals surface area contributed by atoms with E-state index in [0.717, 1.165) is 5.56 Å². The first-order valence-electron chi connectivity index (χ1n) is 11.2. The number of aryl methyl sites for hydroxylation is 1. The van der Waals surface area contributed by atoms with Gasteiger partial charge in [-0.15, -0.1) is 0 Å². The summed E-state index contributed by atoms with van der Waals surface area (Å²) in [7, 11) is 1.73. The molecule has 1 heterocycles. The number of ether oxygens (including phenoxy) is 2. The zero-order valence-corrected chi connectivity index (χ0v) is 20.4. The van der Waals surface area contributed by atoms with E-state index in [4.69, 9.17) is 9.47 Å². The van der Waals surface area contributed by atoms with Gasteiger partial charge in [-0.3, -0.25) is 14.3 Å². The molecule has 8 heteroatoms. The maximum atomic E-state index is 12.9. The molecule has 0 saturated heterocycles. The first kappa shape index (κ1) is 24.8. The lowest BCUT2D eigenvalue weighted by Gasteiger charge is -2.14. The van der Waals surface area contributed by atoms with Gasteiger partial charge in [0.1, 0.15) is 11.4 Å². The molecule has 180 valence electrons. The smallest absolute Gasteiger partial charge is 0.344 e. The van der Waals surface area contributed by atoms with E-state index in [2.05, 4.69) is 19.2 Å². The van der Waals surface area contributed by atoms with Crippen LogP contribution in [0, 0.1) is 13.8 Å². The average Bonchev–Trinajstić information content (AvgIpc) is 3.01. The fourth-order valence-corrected chi connectivity index (χ4v) is 3.75. The van der Waals surface area contributed by atoms with Gasteiger partial charge >= 0.3 is 5.97 Å². The van der Waals surface area contributed by atoms with Gasteiger partial charge in [0.15, 0.2) is 12.7 Å². The predicted octanol–water partition coefficient (Wildman–Crippen LogP) is 3.87. The molecular weight excluding hydrogens is 434 g/mol. The number of esters is 1. The number of carbonyl (C=O) groups is 2. The zero-order valence-electron chi connectivity index (χ0n) is 20.4. The molecule has 1 atom stereocenters. The molecule has 1 aromatic heterocycles. The number of aromatic nitrogens is 2. The number of hydrogen-bond donors (Lipinski definition) is 1. The van der Waals surface area contributed by atoms with Gasteiger partial charge in [0.2, 0.25) is 0 Å². The van der Waals surface area contributed by atoms with E-state index < -0.39 is 18.0 Å². The Morgan fingerprint density at radius 3 is 2.32 bits per heavy atom. The molecule has 3 rings (SSSR count). The summed E-state index contributed by atoms with van der Waals surface area (Å²) in [5.41, 5.74) is 3.30. The third-order valence-electron chi connectivity index (χ3n) is 5.70. The molecule has 0 spiro atoms. The van der Waals surface area contributed by atoms with Crippen LogP contribution in [0.3, 0.4) is 0 Å². The summed E-state index contributed by atoms with van der Waals surface area (Å²) in [5.74, 6) is -0.336. The van der Waals surface area contributed by atoms with E-state index in [0.29, 0.717) is 23.0 Å². The Labute approximate surface area is 199 Å². The molecule has 8 nitrogen and oxygen atoms in total. The third kappa shape index (κ3) is 5.39. The Kier molecular flexibility index (Phi) is 7.61. The van der Waals surface area contributed by atoms with Crippen molar-refractivity contribution in [1.82, 2.24) is 9.36 Å². The van der Waals surface area contributed by atoms with Crippen molar-refractivity contribution in [2.24, 2.45) is 7.05 Å². The first-order chi connectivity index (χ1) is 16.1. The molecule has 1 amide bonds. The summed E-state index contributed by atoms with van der Waals surface area (Å²) in [6.45, 7) is 9.06. The second-order valence-corrected chi connectivity index (χ2v) is 8.52. The summed E-state index contributed by atoms with van der Waals surface area (Å²) in [5, 5.41) is 2.60. The quantitative estimate of drug-likeness (QED) is 0.510.